The van der Waals surface area contributed by atoms with Gasteiger partial charge in [-0.25, -0.2) is 4.79 Å². The zero-order chi connectivity index (χ0) is 15.1. The summed E-state index contributed by atoms with van der Waals surface area (Å²) in [7, 11) is 1.25. The van der Waals surface area contributed by atoms with Crippen molar-refractivity contribution in [2.24, 2.45) is 11.5 Å². The first-order valence-electron chi connectivity index (χ1n) is 5.98. The Bertz CT molecular complexity index is 516. The van der Waals surface area contributed by atoms with Crippen molar-refractivity contribution in [3.63, 3.8) is 0 Å². The number of hydrogen-bond donors (Lipinski definition) is 4. The smallest absolute Gasteiger partial charge is 0.328 e. The Balaban J connectivity index is 2.88. The molecule has 1 amide bonds. The van der Waals surface area contributed by atoms with Gasteiger partial charge in [0.15, 0.2) is 0 Å². The highest BCUT2D eigenvalue weighted by Crippen LogP contribution is 2.08. The fourth-order valence-corrected chi connectivity index (χ4v) is 1.69. The average Bonchev–Trinajstić information content (AvgIpc) is 2.45. The highest BCUT2D eigenvalue weighted by atomic mass is 16.5. The van der Waals surface area contributed by atoms with Gasteiger partial charge in [-0.3, -0.25) is 10.2 Å². The minimum absolute atomic E-state index is 0.0625. The minimum atomic E-state index is -0.821. The molecule has 1 aromatic carbocycles. The highest BCUT2D eigenvalue weighted by Gasteiger charge is 2.21. The van der Waals surface area contributed by atoms with E-state index in [0.29, 0.717) is 5.56 Å². The van der Waals surface area contributed by atoms with Crippen molar-refractivity contribution in [1.82, 2.24) is 5.32 Å². The van der Waals surface area contributed by atoms with Crippen LogP contribution >= 0.6 is 0 Å². The second-order valence-corrected chi connectivity index (χ2v) is 4.17. The van der Waals surface area contributed by atoms with Crippen LogP contribution in [0.3, 0.4) is 0 Å². The molecule has 7 heteroatoms. The number of nitrogens with two attached hydrogens (primary N) is 2. The van der Waals surface area contributed by atoms with Gasteiger partial charge in [-0.15, -0.1) is 0 Å². The number of amidine groups is 1. The number of nitrogens with one attached hydrogen (secondary N) is 2. The Morgan fingerprint density at radius 2 is 2.15 bits per heavy atom. The third kappa shape index (κ3) is 4.36. The molecule has 1 rings (SSSR count). The molecule has 0 saturated heterocycles. The third-order valence-corrected chi connectivity index (χ3v) is 2.68. The van der Waals surface area contributed by atoms with Crippen LogP contribution < -0.4 is 16.8 Å². The quantitative estimate of drug-likeness (QED) is 0.305. The van der Waals surface area contributed by atoms with Crippen molar-refractivity contribution < 1.29 is 14.3 Å². The third-order valence-electron chi connectivity index (χ3n) is 2.68. The summed E-state index contributed by atoms with van der Waals surface area (Å²) < 4.78 is 4.65. The molecule has 6 N–H and O–H groups in total. The van der Waals surface area contributed by atoms with Gasteiger partial charge in [0.25, 0.3) is 0 Å². The van der Waals surface area contributed by atoms with Gasteiger partial charge < -0.3 is 21.5 Å². The molecule has 0 aliphatic rings. The van der Waals surface area contributed by atoms with Crippen LogP contribution in [0.2, 0.25) is 0 Å². The number of carbonyl (C=O) groups excluding carboxylic acids is 2. The summed E-state index contributed by atoms with van der Waals surface area (Å²) in [6, 6.07) is 6.06. The lowest BCUT2D eigenvalue weighted by atomic mass is 10.0. The van der Waals surface area contributed by atoms with Gasteiger partial charge in [-0.1, -0.05) is 18.2 Å². The molecule has 0 aliphatic heterocycles. The topological polar surface area (TPSA) is 131 Å². The number of rotatable bonds is 6. The lowest BCUT2D eigenvalue weighted by molar-refractivity contribution is -0.144. The van der Waals surface area contributed by atoms with Crippen molar-refractivity contribution in [2.75, 3.05) is 13.7 Å². The fourth-order valence-electron chi connectivity index (χ4n) is 1.69. The normalized spacial score (nSPS) is 11.5. The van der Waals surface area contributed by atoms with Crippen LogP contribution in [-0.4, -0.2) is 37.4 Å². The number of methoxy groups -OCH3 is 1. The highest BCUT2D eigenvalue weighted by molar-refractivity contribution is 5.95. The van der Waals surface area contributed by atoms with Gasteiger partial charge in [0.2, 0.25) is 5.91 Å². The maximum Gasteiger partial charge on any atom is 0.328 e. The van der Waals surface area contributed by atoms with E-state index in [4.69, 9.17) is 16.9 Å². The minimum Gasteiger partial charge on any atom is -0.467 e. The Kier molecular flexibility index (Phi) is 5.67. The molecule has 108 valence electrons. The van der Waals surface area contributed by atoms with E-state index in [1.54, 1.807) is 24.3 Å². The Morgan fingerprint density at radius 1 is 1.45 bits per heavy atom. The van der Waals surface area contributed by atoms with E-state index >= 15 is 0 Å². The van der Waals surface area contributed by atoms with E-state index in [9.17, 15) is 9.59 Å². The first-order valence-corrected chi connectivity index (χ1v) is 5.98. The number of ether oxygens (including phenoxy) is 1. The van der Waals surface area contributed by atoms with E-state index in [0.717, 1.165) is 5.56 Å². The van der Waals surface area contributed by atoms with Crippen molar-refractivity contribution in [3.05, 3.63) is 35.4 Å². The number of amides is 1. The molecule has 0 radical (unpaired) electrons. The molecule has 0 bridgehead atoms. The predicted molar refractivity (Wildman–Crippen MR) is 74.2 cm³/mol. The molecule has 7 nitrogen and oxygen atoms in total. The zero-order valence-electron chi connectivity index (χ0n) is 11.2. The Morgan fingerprint density at radius 3 is 2.70 bits per heavy atom. The van der Waals surface area contributed by atoms with Gasteiger partial charge in [-0.05, 0) is 11.6 Å². The molecule has 0 aliphatic carbocycles. The lowest BCUT2D eigenvalue weighted by Gasteiger charge is -2.16. The Labute approximate surface area is 116 Å². The van der Waals surface area contributed by atoms with E-state index < -0.39 is 17.9 Å². The summed E-state index contributed by atoms with van der Waals surface area (Å²) in [6.07, 6.45) is 0.236. The van der Waals surface area contributed by atoms with Gasteiger partial charge >= 0.3 is 5.97 Å². The molecular formula is C13H18N4O3. The van der Waals surface area contributed by atoms with Crippen molar-refractivity contribution >= 4 is 17.7 Å². The van der Waals surface area contributed by atoms with Crippen LogP contribution in [0.5, 0.6) is 0 Å². The SMILES string of the molecule is COC(=O)[C@H](Cc1cccc(C(=N)N)c1)NC(=O)CN. The Hall–Kier alpha value is -2.41. The van der Waals surface area contributed by atoms with Gasteiger partial charge in [-0.2, -0.15) is 0 Å². The molecule has 0 heterocycles. The molecule has 1 aromatic rings. The largest absolute Gasteiger partial charge is 0.467 e. The van der Waals surface area contributed by atoms with Crippen LogP contribution in [0.15, 0.2) is 24.3 Å². The molecular weight excluding hydrogens is 260 g/mol. The van der Waals surface area contributed by atoms with E-state index in [-0.39, 0.29) is 18.8 Å². The van der Waals surface area contributed by atoms with E-state index in [1.165, 1.54) is 7.11 Å². The van der Waals surface area contributed by atoms with Crippen LogP contribution in [0.25, 0.3) is 0 Å². The van der Waals surface area contributed by atoms with Crippen molar-refractivity contribution in [2.45, 2.75) is 12.5 Å². The molecule has 20 heavy (non-hydrogen) atoms. The molecule has 0 aromatic heterocycles. The van der Waals surface area contributed by atoms with Crippen LogP contribution in [-0.2, 0) is 20.7 Å². The monoisotopic (exact) mass is 278 g/mol. The molecule has 0 saturated carbocycles. The van der Waals surface area contributed by atoms with E-state index in [1.807, 2.05) is 0 Å². The van der Waals surface area contributed by atoms with Gasteiger partial charge in [0, 0.05) is 12.0 Å². The summed E-state index contributed by atoms with van der Waals surface area (Å²) in [6.45, 7) is -0.207. The molecule has 1 atom stereocenters. The van der Waals surface area contributed by atoms with Gasteiger partial charge in [0.05, 0.1) is 13.7 Å². The zero-order valence-corrected chi connectivity index (χ0v) is 11.2. The van der Waals surface area contributed by atoms with Crippen molar-refractivity contribution in [3.8, 4) is 0 Å². The van der Waals surface area contributed by atoms with Crippen molar-refractivity contribution in [1.29, 1.82) is 5.41 Å². The predicted octanol–water partition coefficient (Wildman–Crippen LogP) is -0.870. The second kappa shape index (κ2) is 7.25. The number of esters is 1. The summed E-state index contributed by atoms with van der Waals surface area (Å²) in [5, 5.41) is 9.87. The second-order valence-electron chi connectivity index (χ2n) is 4.17. The lowest BCUT2D eigenvalue weighted by Crippen LogP contribution is -2.45. The summed E-state index contributed by atoms with van der Waals surface area (Å²) in [5.74, 6) is -1.06. The van der Waals surface area contributed by atoms with Crippen LogP contribution in [0, 0.1) is 5.41 Å². The number of carbonyl (C=O) groups is 2. The maximum atomic E-state index is 11.6. The summed E-state index contributed by atoms with van der Waals surface area (Å²) in [4.78, 5) is 23.0. The molecule has 0 spiro atoms. The first kappa shape index (κ1) is 15.6. The first-order chi connectivity index (χ1) is 9.47. The van der Waals surface area contributed by atoms with Gasteiger partial charge in [0.1, 0.15) is 11.9 Å². The summed E-state index contributed by atoms with van der Waals surface area (Å²) >= 11 is 0. The molecule has 0 unspecified atom stereocenters. The van der Waals surface area contributed by atoms with Crippen LogP contribution in [0.1, 0.15) is 11.1 Å². The number of benzene rings is 1. The standard InChI is InChI=1S/C13H18N4O3/c1-20-13(19)10(17-11(18)7-14)6-8-3-2-4-9(5-8)12(15)16/h2-5,10H,6-7,14H2,1H3,(H3,15,16)(H,17,18)/t10-/m0/s1. The molecule has 0 fully saturated rings. The van der Waals surface area contributed by atoms with E-state index in [2.05, 4.69) is 10.1 Å². The van der Waals surface area contributed by atoms with Crippen LogP contribution in [0.4, 0.5) is 0 Å². The maximum absolute atomic E-state index is 11.6. The number of nitrogen functional groups attached to an aromatic ring is 1. The average molecular weight is 278 g/mol. The number of hydrogen-bond acceptors (Lipinski definition) is 5. The summed E-state index contributed by atoms with van der Waals surface area (Å²) in [5.41, 5.74) is 11.9. The fraction of sp³-hybridized carbons (Fsp3) is 0.308.